The third kappa shape index (κ3) is 1.60. The van der Waals surface area contributed by atoms with Crippen molar-refractivity contribution in [2.45, 2.75) is 6.18 Å². The number of aromatic nitrogens is 2. The van der Waals surface area contributed by atoms with Crippen molar-refractivity contribution in [2.24, 2.45) is 0 Å². The van der Waals surface area contributed by atoms with Crippen molar-refractivity contribution < 1.29 is 23.1 Å². The summed E-state index contributed by atoms with van der Waals surface area (Å²) in [5.41, 5.74) is -1.06. The lowest BCUT2D eigenvalue weighted by Gasteiger charge is -2.06. The van der Waals surface area contributed by atoms with Gasteiger partial charge in [-0.25, -0.2) is 9.78 Å². The van der Waals surface area contributed by atoms with Crippen LogP contribution in [0.1, 0.15) is 16.1 Å². The first-order valence-electron chi connectivity index (χ1n) is 4.17. The van der Waals surface area contributed by atoms with Crippen molar-refractivity contribution in [3.8, 4) is 0 Å². The molecule has 16 heavy (non-hydrogen) atoms. The molecule has 0 aliphatic carbocycles. The summed E-state index contributed by atoms with van der Waals surface area (Å²) >= 11 is 0. The van der Waals surface area contributed by atoms with Gasteiger partial charge in [-0.3, -0.25) is 4.40 Å². The number of nitrogens with zero attached hydrogens (tertiary/aromatic N) is 2. The lowest BCUT2D eigenvalue weighted by Crippen LogP contribution is -2.08. The molecule has 0 bridgehead atoms. The summed E-state index contributed by atoms with van der Waals surface area (Å²) in [6, 6.07) is 1.98. The zero-order chi connectivity index (χ0) is 11.9. The van der Waals surface area contributed by atoms with Crippen LogP contribution in [0, 0.1) is 0 Å². The fourth-order valence-corrected chi connectivity index (χ4v) is 1.31. The highest BCUT2D eigenvalue weighted by atomic mass is 19.4. The first kappa shape index (κ1) is 10.5. The highest BCUT2D eigenvalue weighted by Gasteiger charge is 2.31. The highest BCUT2D eigenvalue weighted by molar-refractivity contribution is 5.86. The van der Waals surface area contributed by atoms with Gasteiger partial charge < -0.3 is 5.11 Å². The third-order valence-electron chi connectivity index (χ3n) is 2.05. The summed E-state index contributed by atoms with van der Waals surface area (Å²) in [5, 5.41) is 8.72. The molecule has 7 heteroatoms. The SMILES string of the molecule is O=C(O)c1cnc2ccc(C(F)(F)F)cn12. The molecule has 2 aromatic heterocycles. The van der Waals surface area contributed by atoms with E-state index in [4.69, 9.17) is 5.11 Å². The van der Waals surface area contributed by atoms with Crippen LogP contribution in [0.3, 0.4) is 0 Å². The van der Waals surface area contributed by atoms with Gasteiger partial charge in [-0.15, -0.1) is 0 Å². The Hall–Kier alpha value is -2.05. The van der Waals surface area contributed by atoms with Gasteiger partial charge in [0, 0.05) is 6.20 Å². The summed E-state index contributed by atoms with van der Waals surface area (Å²) in [5.74, 6) is -1.33. The molecule has 0 aliphatic rings. The highest BCUT2D eigenvalue weighted by Crippen LogP contribution is 2.29. The molecule has 0 saturated heterocycles. The normalized spacial score (nSPS) is 11.9. The molecule has 84 valence electrons. The third-order valence-corrected chi connectivity index (χ3v) is 2.05. The van der Waals surface area contributed by atoms with Gasteiger partial charge in [0.1, 0.15) is 5.65 Å². The zero-order valence-corrected chi connectivity index (χ0v) is 7.69. The van der Waals surface area contributed by atoms with Crippen molar-refractivity contribution >= 4 is 11.6 Å². The number of carbonyl (C=O) groups is 1. The fraction of sp³-hybridized carbons (Fsp3) is 0.111. The van der Waals surface area contributed by atoms with Crippen LogP contribution in [0.4, 0.5) is 13.2 Å². The van der Waals surface area contributed by atoms with E-state index in [0.717, 1.165) is 22.7 Å². The maximum atomic E-state index is 12.4. The maximum Gasteiger partial charge on any atom is 0.417 e. The predicted octanol–water partition coefficient (Wildman–Crippen LogP) is 2.05. The van der Waals surface area contributed by atoms with Crippen LogP contribution in [0.25, 0.3) is 5.65 Å². The second-order valence-corrected chi connectivity index (χ2v) is 3.09. The van der Waals surface area contributed by atoms with Crippen LogP contribution in [0.15, 0.2) is 24.5 Å². The van der Waals surface area contributed by atoms with Gasteiger partial charge >= 0.3 is 12.1 Å². The fourth-order valence-electron chi connectivity index (χ4n) is 1.31. The quantitative estimate of drug-likeness (QED) is 0.815. The van der Waals surface area contributed by atoms with Crippen molar-refractivity contribution in [1.29, 1.82) is 0 Å². The Balaban J connectivity index is 2.68. The summed E-state index contributed by atoms with van der Waals surface area (Å²) in [4.78, 5) is 14.4. The Bertz CT molecular complexity index is 559. The number of fused-ring (bicyclic) bond motifs is 1. The van der Waals surface area contributed by atoms with Gasteiger partial charge in [0.25, 0.3) is 0 Å². The molecule has 0 amide bonds. The number of rotatable bonds is 1. The molecule has 2 heterocycles. The van der Waals surface area contributed by atoms with Crippen LogP contribution >= 0.6 is 0 Å². The number of imidazole rings is 1. The second kappa shape index (κ2) is 3.22. The van der Waals surface area contributed by atoms with E-state index in [-0.39, 0.29) is 11.3 Å². The largest absolute Gasteiger partial charge is 0.477 e. The lowest BCUT2D eigenvalue weighted by molar-refractivity contribution is -0.137. The van der Waals surface area contributed by atoms with E-state index in [1.807, 2.05) is 0 Å². The standard InChI is InChI=1S/C9H5F3N2O2/c10-9(11,12)5-1-2-7-13-3-6(8(15)16)14(7)4-5/h1-4H,(H,15,16). The summed E-state index contributed by atoms with van der Waals surface area (Å²) in [7, 11) is 0. The molecular weight excluding hydrogens is 225 g/mol. The van der Waals surface area contributed by atoms with Gasteiger partial charge in [0.2, 0.25) is 0 Å². The Morgan fingerprint density at radius 1 is 1.38 bits per heavy atom. The smallest absolute Gasteiger partial charge is 0.417 e. The molecule has 0 aromatic carbocycles. The number of carboxylic acids is 1. The summed E-state index contributed by atoms with van der Waals surface area (Å²) in [6.07, 6.45) is -2.78. The number of hydrogen-bond donors (Lipinski definition) is 1. The molecule has 0 spiro atoms. The Labute approximate surface area is 87.0 Å². The van der Waals surface area contributed by atoms with Gasteiger partial charge in [0.15, 0.2) is 5.69 Å². The number of carboxylic acid groups (broad SMARTS) is 1. The average molecular weight is 230 g/mol. The minimum atomic E-state index is -4.51. The van der Waals surface area contributed by atoms with Crippen LogP contribution in [-0.4, -0.2) is 20.5 Å². The Kier molecular flexibility index (Phi) is 2.11. The van der Waals surface area contributed by atoms with Gasteiger partial charge in [0.05, 0.1) is 11.8 Å². The summed E-state index contributed by atoms with van der Waals surface area (Å²) < 4.78 is 38.0. The predicted molar refractivity (Wildman–Crippen MR) is 47.2 cm³/mol. The Morgan fingerprint density at radius 2 is 2.06 bits per heavy atom. The first-order chi connectivity index (χ1) is 7.39. The lowest BCUT2D eigenvalue weighted by atomic mass is 10.3. The topological polar surface area (TPSA) is 54.6 Å². The zero-order valence-electron chi connectivity index (χ0n) is 7.69. The van der Waals surface area contributed by atoms with Gasteiger partial charge in [-0.05, 0) is 12.1 Å². The summed E-state index contributed by atoms with van der Waals surface area (Å²) in [6.45, 7) is 0. The monoisotopic (exact) mass is 230 g/mol. The van der Waals surface area contributed by atoms with Gasteiger partial charge in [-0.2, -0.15) is 13.2 Å². The van der Waals surface area contributed by atoms with E-state index in [1.165, 1.54) is 0 Å². The van der Waals surface area contributed by atoms with Crippen molar-refractivity contribution in [1.82, 2.24) is 9.38 Å². The van der Waals surface area contributed by atoms with Crippen LogP contribution in [-0.2, 0) is 6.18 Å². The van der Waals surface area contributed by atoms with E-state index in [1.54, 1.807) is 0 Å². The Morgan fingerprint density at radius 3 is 2.62 bits per heavy atom. The number of hydrogen-bond acceptors (Lipinski definition) is 2. The van der Waals surface area contributed by atoms with Crippen LogP contribution < -0.4 is 0 Å². The van der Waals surface area contributed by atoms with Crippen molar-refractivity contribution in [3.05, 3.63) is 35.8 Å². The number of alkyl halides is 3. The molecule has 0 unspecified atom stereocenters. The molecule has 0 radical (unpaired) electrons. The molecule has 0 saturated carbocycles. The van der Waals surface area contributed by atoms with Crippen LogP contribution in [0.5, 0.6) is 0 Å². The van der Waals surface area contributed by atoms with Gasteiger partial charge in [-0.1, -0.05) is 0 Å². The second-order valence-electron chi connectivity index (χ2n) is 3.09. The van der Waals surface area contributed by atoms with Crippen LogP contribution in [0.2, 0.25) is 0 Å². The number of pyridine rings is 1. The maximum absolute atomic E-state index is 12.4. The number of aromatic carboxylic acids is 1. The molecule has 4 nitrogen and oxygen atoms in total. The molecule has 0 fully saturated rings. The van der Waals surface area contributed by atoms with E-state index in [2.05, 4.69) is 4.98 Å². The van der Waals surface area contributed by atoms with E-state index >= 15 is 0 Å². The molecule has 0 atom stereocenters. The molecule has 1 N–H and O–H groups in total. The molecular formula is C9H5F3N2O2. The minimum absolute atomic E-state index is 0.158. The molecule has 2 rings (SSSR count). The van der Waals surface area contributed by atoms with E-state index in [0.29, 0.717) is 6.20 Å². The molecule has 2 aromatic rings. The number of halogens is 3. The van der Waals surface area contributed by atoms with E-state index < -0.39 is 17.7 Å². The first-order valence-corrected chi connectivity index (χ1v) is 4.17. The minimum Gasteiger partial charge on any atom is -0.477 e. The molecule has 0 aliphatic heterocycles. The van der Waals surface area contributed by atoms with Crippen molar-refractivity contribution in [3.63, 3.8) is 0 Å². The van der Waals surface area contributed by atoms with E-state index in [9.17, 15) is 18.0 Å². The van der Waals surface area contributed by atoms with Crippen molar-refractivity contribution in [2.75, 3.05) is 0 Å². The average Bonchev–Trinajstić information content (AvgIpc) is 2.58.